The van der Waals surface area contributed by atoms with Crippen LogP contribution < -0.4 is 0 Å². The zero-order chi connectivity index (χ0) is 16.8. The Kier molecular flexibility index (Phi) is 4.47. The summed E-state index contributed by atoms with van der Waals surface area (Å²) in [5.74, 6) is 0.943. The lowest BCUT2D eigenvalue weighted by Gasteiger charge is -2.43. The van der Waals surface area contributed by atoms with Gasteiger partial charge in [-0.15, -0.1) is 0 Å². The van der Waals surface area contributed by atoms with Gasteiger partial charge in [-0.25, -0.2) is 0 Å². The molecule has 124 valence electrons. The summed E-state index contributed by atoms with van der Waals surface area (Å²) in [5, 5.41) is 0. The topological polar surface area (TPSA) is 0 Å². The smallest absolute Gasteiger partial charge is 0.0216 e. The number of rotatable bonds is 4. The van der Waals surface area contributed by atoms with E-state index in [1.807, 2.05) is 0 Å². The van der Waals surface area contributed by atoms with Crippen LogP contribution in [0.25, 0.3) is 0 Å². The third-order valence-electron chi connectivity index (χ3n) is 5.49. The van der Waals surface area contributed by atoms with E-state index in [0.717, 1.165) is 12.8 Å². The predicted octanol–water partition coefficient (Wildman–Crippen LogP) is 7.43. The van der Waals surface area contributed by atoms with Crippen molar-refractivity contribution in [3.8, 4) is 0 Å². The average Bonchev–Trinajstić information content (AvgIpc) is 2.57. The summed E-state index contributed by atoms with van der Waals surface area (Å²) in [7, 11) is 0. The highest BCUT2D eigenvalue weighted by molar-refractivity contribution is 9.12. The summed E-state index contributed by atoms with van der Waals surface area (Å²) in [5.41, 5.74) is 8.96. The monoisotopic (exact) mass is 444 g/mol. The van der Waals surface area contributed by atoms with Gasteiger partial charge >= 0.3 is 0 Å². The zero-order valence-electron chi connectivity index (χ0n) is 14.2. The molecule has 0 N–H and O–H groups in total. The van der Waals surface area contributed by atoms with Gasteiger partial charge in [-0.3, -0.25) is 0 Å². The van der Waals surface area contributed by atoms with E-state index in [0.29, 0.717) is 11.8 Å². The van der Waals surface area contributed by atoms with Gasteiger partial charge in [-0.1, -0.05) is 82.9 Å². The fraction of sp³-hybridized carbons (Fsp3) is 0.364. The van der Waals surface area contributed by atoms with Crippen molar-refractivity contribution < 1.29 is 0 Å². The largest absolute Gasteiger partial charge is 0.0651 e. The van der Waals surface area contributed by atoms with Crippen LogP contribution in [0.2, 0.25) is 0 Å². The first-order valence-corrected chi connectivity index (χ1v) is 10.5. The predicted molar refractivity (Wildman–Crippen MR) is 110 cm³/mol. The Hall–Kier alpha value is -0.860. The van der Waals surface area contributed by atoms with Gasteiger partial charge < -0.3 is 0 Å². The molecule has 0 amide bonds. The molecule has 0 aliphatic heterocycles. The van der Waals surface area contributed by atoms with Gasteiger partial charge in [0.15, 0.2) is 0 Å². The molecule has 4 aliphatic rings. The molecule has 0 bridgehead atoms. The fourth-order valence-corrected chi connectivity index (χ4v) is 5.82. The van der Waals surface area contributed by atoms with Crippen molar-refractivity contribution in [1.29, 1.82) is 0 Å². The van der Waals surface area contributed by atoms with Crippen molar-refractivity contribution >= 4 is 31.9 Å². The molecule has 0 aromatic heterocycles. The van der Waals surface area contributed by atoms with Gasteiger partial charge in [0.05, 0.1) is 0 Å². The molecular formula is C22H22Br2. The minimum atomic E-state index is 0.471. The summed E-state index contributed by atoms with van der Waals surface area (Å²) < 4.78 is 2.54. The molecule has 0 nitrogen and oxygen atoms in total. The van der Waals surface area contributed by atoms with Crippen LogP contribution in [0.3, 0.4) is 0 Å². The lowest BCUT2D eigenvalue weighted by Crippen LogP contribution is -2.32. The summed E-state index contributed by atoms with van der Waals surface area (Å²) in [6, 6.07) is 0. The Morgan fingerprint density at radius 2 is 1.50 bits per heavy atom. The third kappa shape index (κ3) is 2.45. The molecule has 0 saturated heterocycles. The molecule has 2 unspecified atom stereocenters. The Balaban J connectivity index is 1.93. The highest BCUT2D eigenvalue weighted by atomic mass is 79.9. The maximum Gasteiger partial charge on any atom is 0.0216 e. The highest BCUT2D eigenvalue weighted by Crippen LogP contribution is 2.55. The number of allylic oxidation sites excluding steroid dienone is 14. The van der Waals surface area contributed by atoms with E-state index in [-0.39, 0.29) is 0 Å². The molecule has 0 aromatic carbocycles. The van der Waals surface area contributed by atoms with Crippen LogP contribution in [-0.4, -0.2) is 0 Å². The van der Waals surface area contributed by atoms with Crippen molar-refractivity contribution in [2.75, 3.05) is 0 Å². The first-order chi connectivity index (χ1) is 11.7. The Bertz CT molecular complexity index is 809. The number of halogens is 2. The molecule has 4 aliphatic carbocycles. The molecular weight excluding hydrogens is 424 g/mol. The van der Waals surface area contributed by atoms with Crippen LogP contribution >= 0.6 is 31.9 Å². The lowest BCUT2D eigenvalue weighted by molar-refractivity contribution is 0.545. The molecule has 2 atom stereocenters. The normalized spacial score (nSPS) is 27.5. The summed E-state index contributed by atoms with van der Waals surface area (Å²) >= 11 is 7.70. The van der Waals surface area contributed by atoms with E-state index < -0.39 is 0 Å². The van der Waals surface area contributed by atoms with E-state index in [9.17, 15) is 0 Å². The molecule has 0 radical (unpaired) electrons. The van der Waals surface area contributed by atoms with Gasteiger partial charge in [0.25, 0.3) is 0 Å². The van der Waals surface area contributed by atoms with Crippen molar-refractivity contribution in [2.24, 2.45) is 11.8 Å². The quantitative estimate of drug-likeness (QED) is 0.421. The Morgan fingerprint density at radius 3 is 2.25 bits per heavy atom. The van der Waals surface area contributed by atoms with Gasteiger partial charge in [-0.2, -0.15) is 0 Å². The van der Waals surface area contributed by atoms with Crippen molar-refractivity contribution in [3.63, 3.8) is 0 Å². The number of hydrogen-bond acceptors (Lipinski definition) is 0. The summed E-state index contributed by atoms with van der Waals surface area (Å²) in [4.78, 5) is 0. The molecule has 0 saturated carbocycles. The van der Waals surface area contributed by atoms with Crippen LogP contribution in [0.1, 0.15) is 39.5 Å². The van der Waals surface area contributed by atoms with Crippen LogP contribution in [-0.2, 0) is 0 Å². The number of hydrogen-bond donors (Lipinski definition) is 0. The van der Waals surface area contributed by atoms with Crippen LogP contribution in [0, 0.1) is 11.8 Å². The average molecular weight is 446 g/mol. The van der Waals surface area contributed by atoms with Gasteiger partial charge in [0.1, 0.15) is 0 Å². The molecule has 4 rings (SSSR count). The first-order valence-electron chi connectivity index (χ1n) is 8.96. The van der Waals surface area contributed by atoms with Crippen LogP contribution in [0.4, 0.5) is 0 Å². The summed E-state index contributed by atoms with van der Waals surface area (Å²) in [6.07, 6.45) is 18.8. The second-order valence-corrected chi connectivity index (χ2v) is 8.69. The molecule has 0 spiro atoms. The van der Waals surface area contributed by atoms with Gasteiger partial charge in [0, 0.05) is 20.8 Å². The molecule has 0 fully saturated rings. The fourth-order valence-electron chi connectivity index (χ4n) is 4.51. The van der Waals surface area contributed by atoms with Gasteiger partial charge in [0.2, 0.25) is 0 Å². The Labute approximate surface area is 161 Å². The van der Waals surface area contributed by atoms with Crippen LogP contribution in [0.15, 0.2) is 78.9 Å². The molecule has 0 aromatic rings. The molecule has 0 heterocycles. The van der Waals surface area contributed by atoms with E-state index >= 15 is 0 Å². The maximum atomic E-state index is 3.85. The minimum absolute atomic E-state index is 0.471. The van der Waals surface area contributed by atoms with E-state index in [2.05, 4.69) is 82.2 Å². The lowest BCUT2D eigenvalue weighted by atomic mass is 9.61. The second-order valence-electron chi connectivity index (χ2n) is 6.98. The third-order valence-corrected chi connectivity index (χ3v) is 6.87. The van der Waals surface area contributed by atoms with Crippen molar-refractivity contribution in [1.82, 2.24) is 0 Å². The van der Waals surface area contributed by atoms with E-state index in [1.165, 1.54) is 55.2 Å². The van der Waals surface area contributed by atoms with E-state index in [4.69, 9.17) is 0 Å². The summed E-state index contributed by atoms with van der Waals surface area (Å²) in [6.45, 7) is 4.54. The Morgan fingerprint density at radius 1 is 0.833 bits per heavy atom. The van der Waals surface area contributed by atoms with E-state index in [1.54, 1.807) is 0 Å². The standard InChI is InChI=1S/C22H22Br2/c1-3-5-13-11-19(23)17-10-8-16-14(6-4-2)12-20(24)18-9-7-15(13)21(17)22(16)18/h7-12,21-22H,3-6H2,1-2H3. The highest BCUT2D eigenvalue weighted by Gasteiger charge is 2.42. The van der Waals surface area contributed by atoms with Crippen molar-refractivity contribution in [2.45, 2.75) is 39.5 Å². The molecule has 24 heavy (non-hydrogen) atoms. The molecule has 2 heteroatoms. The SMILES string of the molecule is CCCC1=CC(Br)=C2C=CC3=C(CCC)C=C(Br)C4=CC=C1C2C43. The van der Waals surface area contributed by atoms with Crippen LogP contribution in [0.5, 0.6) is 0 Å². The first kappa shape index (κ1) is 16.6. The van der Waals surface area contributed by atoms with Crippen molar-refractivity contribution in [3.05, 3.63) is 78.9 Å². The maximum absolute atomic E-state index is 3.85. The second kappa shape index (κ2) is 6.46. The van der Waals surface area contributed by atoms with Gasteiger partial charge in [-0.05, 0) is 58.4 Å². The minimum Gasteiger partial charge on any atom is -0.0651 e. The zero-order valence-corrected chi connectivity index (χ0v) is 17.4.